The van der Waals surface area contributed by atoms with Crippen molar-refractivity contribution in [2.45, 2.75) is 6.92 Å². The van der Waals surface area contributed by atoms with Gasteiger partial charge in [-0.05, 0) is 49.4 Å². The molecule has 0 unspecified atom stereocenters. The van der Waals surface area contributed by atoms with Gasteiger partial charge in [-0.15, -0.1) is 0 Å². The number of ether oxygens (including phenoxy) is 1. The van der Waals surface area contributed by atoms with Gasteiger partial charge in [0.1, 0.15) is 5.75 Å². The second kappa shape index (κ2) is 8.66. The van der Waals surface area contributed by atoms with Crippen LogP contribution in [0.1, 0.15) is 5.56 Å². The van der Waals surface area contributed by atoms with E-state index in [0.29, 0.717) is 11.4 Å². The van der Waals surface area contributed by atoms with Gasteiger partial charge in [-0.3, -0.25) is 9.59 Å². The molecule has 7 nitrogen and oxygen atoms in total. The zero-order valence-electron chi connectivity index (χ0n) is 14.9. The standard InChI is InChI=1S/C20H20N4O3/c1-15-3-9-18(10-4-15)27-14-20(26)21-13-19(25)23-16-5-7-17(8-6-16)24-12-2-11-22-24/h2-12H,13-14H2,1H3,(H,21,26)(H,23,25). The Balaban J connectivity index is 1.41. The molecule has 0 bridgehead atoms. The van der Waals surface area contributed by atoms with Gasteiger partial charge < -0.3 is 15.4 Å². The van der Waals surface area contributed by atoms with E-state index in [9.17, 15) is 9.59 Å². The highest BCUT2D eigenvalue weighted by Gasteiger charge is 2.07. The Hall–Kier alpha value is -3.61. The average molecular weight is 364 g/mol. The molecule has 27 heavy (non-hydrogen) atoms. The van der Waals surface area contributed by atoms with Gasteiger partial charge in [-0.25, -0.2) is 4.68 Å². The van der Waals surface area contributed by atoms with Gasteiger partial charge >= 0.3 is 0 Å². The van der Waals surface area contributed by atoms with Crippen LogP contribution >= 0.6 is 0 Å². The maximum Gasteiger partial charge on any atom is 0.258 e. The molecule has 138 valence electrons. The fourth-order valence-corrected chi connectivity index (χ4v) is 2.34. The summed E-state index contributed by atoms with van der Waals surface area (Å²) in [4.78, 5) is 23.7. The molecule has 0 aliphatic carbocycles. The highest BCUT2D eigenvalue weighted by Crippen LogP contribution is 2.12. The number of nitrogens with zero attached hydrogens (tertiary/aromatic N) is 2. The number of aryl methyl sites for hydroxylation is 1. The molecule has 0 aliphatic rings. The third-order valence-electron chi connectivity index (χ3n) is 3.76. The van der Waals surface area contributed by atoms with Crippen molar-refractivity contribution in [1.29, 1.82) is 0 Å². The lowest BCUT2D eigenvalue weighted by atomic mass is 10.2. The molecule has 1 heterocycles. The summed E-state index contributed by atoms with van der Waals surface area (Å²) in [5.41, 5.74) is 2.64. The van der Waals surface area contributed by atoms with Crippen LogP contribution in [-0.4, -0.2) is 34.7 Å². The fraction of sp³-hybridized carbons (Fsp3) is 0.150. The normalized spacial score (nSPS) is 10.3. The van der Waals surface area contributed by atoms with Gasteiger partial charge in [-0.2, -0.15) is 5.10 Å². The minimum atomic E-state index is -0.361. The van der Waals surface area contributed by atoms with E-state index in [-0.39, 0.29) is 25.0 Å². The molecule has 0 atom stereocenters. The first-order valence-electron chi connectivity index (χ1n) is 8.46. The van der Waals surface area contributed by atoms with Crippen LogP contribution in [0.2, 0.25) is 0 Å². The second-order valence-electron chi connectivity index (χ2n) is 5.92. The largest absolute Gasteiger partial charge is 0.484 e. The Kier molecular flexibility index (Phi) is 5.84. The highest BCUT2D eigenvalue weighted by molar-refractivity contribution is 5.94. The number of hydrogen-bond donors (Lipinski definition) is 2. The van der Waals surface area contributed by atoms with Crippen molar-refractivity contribution in [3.05, 3.63) is 72.6 Å². The smallest absolute Gasteiger partial charge is 0.258 e. The number of carbonyl (C=O) groups excluding carboxylic acids is 2. The summed E-state index contributed by atoms with van der Waals surface area (Å²) in [5, 5.41) is 9.39. The molecule has 2 amide bonds. The van der Waals surface area contributed by atoms with E-state index < -0.39 is 0 Å². The van der Waals surface area contributed by atoms with E-state index in [1.165, 1.54) is 0 Å². The Morgan fingerprint density at radius 1 is 1.04 bits per heavy atom. The van der Waals surface area contributed by atoms with Gasteiger partial charge in [-0.1, -0.05) is 17.7 Å². The van der Waals surface area contributed by atoms with E-state index >= 15 is 0 Å². The van der Waals surface area contributed by atoms with Gasteiger partial charge in [0.25, 0.3) is 5.91 Å². The highest BCUT2D eigenvalue weighted by atomic mass is 16.5. The Labute approximate surface area is 157 Å². The molecular formula is C20H20N4O3. The number of benzene rings is 2. The molecule has 0 saturated carbocycles. The van der Waals surface area contributed by atoms with Gasteiger partial charge in [0, 0.05) is 18.1 Å². The minimum Gasteiger partial charge on any atom is -0.484 e. The number of carbonyl (C=O) groups is 2. The molecular weight excluding hydrogens is 344 g/mol. The molecule has 0 saturated heterocycles. The summed E-state index contributed by atoms with van der Waals surface area (Å²) >= 11 is 0. The summed E-state index contributed by atoms with van der Waals surface area (Å²) < 4.78 is 7.09. The molecule has 2 N–H and O–H groups in total. The Morgan fingerprint density at radius 3 is 2.44 bits per heavy atom. The predicted molar refractivity (Wildman–Crippen MR) is 102 cm³/mol. The van der Waals surface area contributed by atoms with Gasteiger partial charge in [0.2, 0.25) is 5.91 Å². The van der Waals surface area contributed by atoms with Crippen LogP contribution in [0, 0.1) is 6.92 Å². The SMILES string of the molecule is Cc1ccc(OCC(=O)NCC(=O)Nc2ccc(-n3cccn3)cc2)cc1. The molecule has 0 aliphatic heterocycles. The van der Waals surface area contributed by atoms with E-state index in [1.54, 1.807) is 35.1 Å². The third-order valence-corrected chi connectivity index (χ3v) is 3.76. The molecule has 0 radical (unpaired) electrons. The topological polar surface area (TPSA) is 85.2 Å². The molecule has 7 heteroatoms. The zero-order valence-corrected chi connectivity index (χ0v) is 14.9. The van der Waals surface area contributed by atoms with Crippen molar-refractivity contribution in [1.82, 2.24) is 15.1 Å². The second-order valence-corrected chi connectivity index (χ2v) is 5.92. The molecule has 3 rings (SSSR count). The third kappa shape index (κ3) is 5.43. The van der Waals surface area contributed by atoms with Crippen LogP contribution in [0.15, 0.2) is 67.0 Å². The lowest BCUT2D eigenvalue weighted by molar-refractivity contribution is -0.125. The average Bonchev–Trinajstić information content (AvgIpc) is 3.21. The maximum absolute atomic E-state index is 12.0. The van der Waals surface area contributed by atoms with Crippen molar-refractivity contribution >= 4 is 17.5 Å². The predicted octanol–water partition coefficient (Wildman–Crippen LogP) is 2.31. The van der Waals surface area contributed by atoms with Gasteiger partial charge in [0.15, 0.2) is 6.61 Å². The lowest BCUT2D eigenvalue weighted by Gasteiger charge is -2.09. The Bertz CT molecular complexity index is 888. The summed E-state index contributed by atoms with van der Waals surface area (Å²) in [6, 6.07) is 16.5. The van der Waals surface area contributed by atoms with Crippen LogP contribution < -0.4 is 15.4 Å². The van der Waals surface area contributed by atoms with Crippen LogP contribution in [-0.2, 0) is 9.59 Å². The minimum absolute atomic E-state index is 0.128. The molecule has 1 aromatic heterocycles. The lowest BCUT2D eigenvalue weighted by Crippen LogP contribution is -2.35. The monoisotopic (exact) mass is 364 g/mol. The summed E-state index contributed by atoms with van der Waals surface area (Å²) in [7, 11) is 0. The Morgan fingerprint density at radius 2 is 1.78 bits per heavy atom. The first-order valence-corrected chi connectivity index (χ1v) is 8.46. The molecule has 0 fully saturated rings. The van der Waals surface area contributed by atoms with Crippen molar-refractivity contribution in [3.8, 4) is 11.4 Å². The van der Waals surface area contributed by atoms with Crippen LogP contribution in [0.4, 0.5) is 5.69 Å². The summed E-state index contributed by atoms with van der Waals surface area (Å²) in [6.45, 7) is 1.70. The molecule has 2 aromatic carbocycles. The number of amides is 2. The summed E-state index contributed by atoms with van der Waals surface area (Å²) in [6.07, 6.45) is 3.53. The van der Waals surface area contributed by atoms with Crippen LogP contribution in [0.5, 0.6) is 5.75 Å². The van der Waals surface area contributed by atoms with Crippen molar-refractivity contribution in [2.75, 3.05) is 18.5 Å². The van der Waals surface area contributed by atoms with Crippen molar-refractivity contribution in [2.24, 2.45) is 0 Å². The van der Waals surface area contributed by atoms with Crippen LogP contribution in [0.25, 0.3) is 5.69 Å². The number of anilines is 1. The van der Waals surface area contributed by atoms with Gasteiger partial charge in [0.05, 0.1) is 12.2 Å². The first-order chi connectivity index (χ1) is 13.1. The zero-order chi connectivity index (χ0) is 19.1. The summed E-state index contributed by atoms with van der Waals surface area (Å²) in [5.74, 6) is -0.0669. The van der Waals surface area contributed by atoms with E-state index in [1.807, 2.05) is 43.5 Å². The number of nitrogens with one attached hydrogen (secondary N) is 2. The maximum atomic E-state index is 12.0. The fourth-order valence-electron chi connectivity index (χ4n) is 2.34. The van der Waals surface area contributed by atoms with E-state index in [2.05, 4.69) is 15.7 Å². The van der Waals surface area contributed by atoms with Crippen LogP contribution in [0.3, 0.4) is 0 Å². The molecule has 3 aromatic rings. The van der Waals surface area contributed by atoms with E-state index in [0.717, 1.165) is 11.3 Å². The quantitative estimate of drug-likeness (QED) is 0.674. The molecule has 0 spiro atoms. The first kappa shape index (κ1) is 18.2. The van der Waals surface area contributed by atoms with Crippen molar-refractivity contribution < 1.29 is 14.3 Å². The number of hydrogen-bond acceptors (Lipinski definition) is 4. The van der Waals surface area contributed by atoms with Crippen molar-refractivity contribution in [3.63, 3.8) is 0 Å². The number of aromatic nitrogens is 2. The van der Waals surface area contributed by atoms with E-state index in [4.69, 9.17) is 4.74 Å². The number of rotatable bonds is 7.